The number of amides is 1. The largest absolute Gasteiger partial charge is 0.319 e. The number of aromatic nitrogens is 1. The summed E-state index contributed by atoms with van der Waals surface area (Å²) in [5.41, 5.74) is 1.61. The number of anilines is 1. The first-order valence-corrected chi connectivity index (χ1v) is 7.14. The van der Waals surface area contributed by atoms with Crippen LogP contribution in [0, 0.1) is 5.82 Å². The van der Waals surface area contributed by atoms with Crippen molar-refractivity contribution in [2.45, 2.75) is 26.3 Å². The van der Waals surface area contributed by atoms with Gasteiger partial charge < -0.3 is 5.32 Å². The van der Waals surface area contributed by atoms with Crippen LogP contribution in [-0.4, -0.2) is 5.91 Å². The van der Waals surface area contributed by atoms with Gasteiger partial charge in [-0.1, -0.05) is 18.5 Å². The Morgan fingerprint density at radius 2 is 2.00 bits per heavy atom. The molecule has 2 rings (SSSR count). The number of nitrogens with one attached hydrogen (secondary N) is 1. The normalized spacial score (nSPS) is 12.0. The first kappa shape index (κ1) is 15.4. The molecule has 21 heavy (non-hydrogen) atoms. The van der Waals surface area contributed by atoms with Crippen molar-refractivity contribution in [1.82, 2.24) is 0 Å². The van der Waals surface area contributed by atoms with E-state index in [1.54, 1.807) is 6.92 Å². The molecule has 1 N–H and O–H groups in total. The fourth-order valence-corrected chi connectivity index (χ4v) is 2.14. The minimum Gasteiger partial charge on any atom is -0.319 e. The SMILES string of the molecule is CCc1cc[n+]([C@@H](C)C(=O)Nc2ccc(F)cc2Cl)cc1. The number of carbonyl (C=O) groups excluding carboxylic acids is 1. The van der Waals surface area contributed by atoms with Crippen molar-refractivity contribution >= 4 is 23.2 Å². The Hall–Kier alpha value is -1.94. The van der Waals surface area contributed by atoms with E-state index in [4.69, 9.17) is 11.6 Å². The molecule has 0 saturated carbocycles. The van der Waals surface area contributed by atoms with Gasteiger partial charge in [0.05, 0.1) is 10.7 Å². The van der Waals surface area contributed by atoms with E-state index < -0.39 is 11.9 Å². The second kappa shape index (κ2) is 6.68. The van der Waals surface area contributed by atoms with Crippen molar-refractivity contribution in [3.05, 3.63) is 59.1 Å². The van der Waals surface area contributed by atoms with Gasteiger partial charge in [0.2, 0.25) is 6.04 Å². The summed E-state index contributed by atoms with van der Waals surface area (Å²) < 4.78 is 14.8. The van der Waals surface area contributed by atoms with E-state index in [1.165, 1.54) is 23.8 Å². The number of pyridine rings is 1. The zero-order valence-electron chi connectivity index (χ0n) is 11.9. The van der Waals surface area contributed by atoms with Gasteiger partial charge in [-0.3, -0.25) is 4.79 Å². The van der Waals surface area contributed by atoms with Gasteiger partial charge >= 0.3 is 0 Å². The molecule has 0 bridgehead atoms. The minimum absolute atomic E-state index is 0.182. The van der Waals surface area contributed by atoms with Crippen molar-refractivity contribution in [1.29, 1.82) is 0 Å². The highest BCUT2D eigenvalue weighted by Gasteiger charge is 2.22. The third kappa shape index (κ3) is 3.79. The number of carbonyl (C=O) groups is 1. The van der Waals surface area contributed by atoms with E-state index in [2.05, 4.69) is 12.2 Å². The fraction of sp³-hybridized carbons (Fsp3) is 0.250. The number of rotatable bonds is 4. The molecular formula is C16H17ClFN2O+. The quantitative estimate of drug-likeness (QED) is 0.861. The first-order valence-electron chi connectivity index (χ1n) is 6.77. The second-order valence-corrected chi connectivity index (χ2v) is 5.20. The maximum absolute atomic E-state index is 13.0. The molecule has 1 aromatic heterocycles. The molecule has 0 aliphatic rings. The van der Waals surface area contributed by atoms with Crippen LogP contribution < -0.4 is 9.88 Å². The fourth-order valence-electron chi connectivity index (χ4n) is 1.93. The van der Waals surface area contributed by atoms with Crippen LogP contribution in [0.15, 0.2) is 42.7 Å². The second-order valence-electron chi connectivity index (χ2n) is 4.80. The van der Waals surface area contributed by atoms with Crippen LogP contribution in [0.25, 0.3) is 0 Å². The lowest BCUT2D eigenvalue weighted by molar-refractivity contribution is -0.705. The van der Waals surface area contributed by atoms with Crippen molar-refractivity contribution in [3.8, 4) is 0 Å². The summed E-state index contributed by atoms with van der Waals surface area (Å²) in [6, 6.07) is 7.45. The van der Waals surface area contributed by atoms with E-state index in [0.29, 0.717) is 5.69 Å². The van der Waals surface area contributed by atoms with Crippen molar-refractivity contribution in [2.75, 3.05) is 5.32 Å². The van der Waals surface area contributed by atoms with Crippen LogP contribution in [0.2, 0.25) is 5.02 Å². The van der Waals surface area contributed by atoms with Crippen molar-refractivity contribution < 1.29 is 13.8 Å². The molecule has 0 aliphatic heterocycles. The summed E-state index contributed by atoms with van der Waals surface area (Å²) in [5.74, 6) is -0.645. The van der Waals surface area contributed by atoms with Gasteiger partial charge in [-0.05, 0) is 30.2 Å². The van der Waals surface area contributed by atoms with E-state index in [1.807, 2.05) is 29.1 Å². The summed E-state index contributed by atoms with van der Waals surface area (Å²) in [4.78, 5) is 12.2. The number of hydrogen-bond acceptors (Lipinski definition) is 1. The summed E-state index contributed by atoms with van der Waals surface area (Å²) in [6.45, 7) is 3.87. The Kier molecular flexibility index (Phi) is 4.91. The van der Waals surface area contributed by atoms with Gasteiger partial charge in [0.25, 0.3) is 5.91 Å². The molecule has 110 valence electrons. The first-order chi connectivity index (χ1) is 10.0. The molecule has 0 unspecified atom stereocenters. The minimum atomic E-state index is -0.435. The van der Waals surface area contributed by atoms with Crippen LogP contribution in [0.3, 0.4) is 0 Å². The van der Waals surface area contributed by atoms with Gasteiger partial charge in [0.15, 0.2) is 12.4 Å². The Bertz CT molecular complexity index is 643. The molecule has 0 radical (unpaired) electrons. The molecule has 0 spiro atoms. The monoisotopic (exact) mass is 307 g/mol. The molecule has 0 saturated heterocycles. The van der Waals surface area contributed by atoms with Gasteiger partial charge in [0.1, 0.15) is 5.82 Å². The molecular weight excluding hydrogens is 291 g/mol. The average molecular weight is 308 g/mol. The average Bonchev–Trinajstić information content (AvgIpc) is 2.49. The molecule has 3 nitrogen and oxygen atoms in total. The molecule has 1 aromatic carbocycles. The van der Waals surface area contributed by atoms with E-state index >= 15 is 0 Å². The predicted octanol–water partition coefficient (Wildman–Crippen LogP) is 3.53. The van der Waals surface area contributed by atoms with Crippen LogP contribution in [0.1, 0.15) is 25.5 Å². The van der Waals surface area contributed by atoms with Gasteiger partial charge in [-0.2, -0.15) is 4.57 Å². The highest BCUT2D eigenvalue weighted by molar-refractivity contribution is 6.33. The highest BCUT2D eigenvalue weighted by atomic mass is 35.5. The van der Waals surface area contributed by atoms with Crippen LogP contribution >= 0.6 is 11.6 Å². The Morgan fingerprint density at radius 1 is 1.33 bits per heavy atom. The van der Waals surface area contributed by atoms with Crippen LogP contribution in [0.5, 0.6) is 0 Å². The summed E-state index contributed by atoms with van der Waals surface area (Å²) in [5, 5.41) is 2.89. The van der Waals surface area contributed by atoms with Gasteiger partial charge in [-0.15, -0.1) is 0 Å². The Balaban J connectivity index is 2.11. The Morgan fingerprint density at radius 3 is 2.57 bits per heavy atom. The number of halogens is 2. The summed E-state index contributed by atoms with van der Waals surface area (Å²) >= 11 is 5.90. The topological polar surface area (TPSA) is 33.0 Å². The molecule has 1 atom stereocenters. The lowest BCUT2D eigenvalue weighted by atomic mass is 10.2. The lowest BCUT2D eigenvalue weighted by Gasteiger charge is -2.10. The lowest BCUT2D eigenvalue weighted by Crippen LogP contribution is -2.44. The standard InChI is InChI=1S/C16H16ClFN2O/c1-3-12-6-8-20(9-7-12)11(2)16(21)19-15-5-4-13(18)10-14(15)17/h4-11H,3H2,1-2H3/p+1/t11-/m0/s1. The van der Waals surface area contributed by atoms with Gasteiger partial charge in [0, 0.05) is 19.1 Å². The highest BCUT2D eigenvalue weighted by Crippen LogP contribution is 2.22. The van der Waals surface area contributed by atoms with Crippen molar-refractivity contribution in [2.24, 2.45) is 0 Å². The summed E-state index contributed by atoms with van der Waals surface area (Å²) in [7, 11) is 0. The number of hydrogen-bond donors (Lipinski definition) is 1. The zero-order chi connectivity index (χ0) is 15.4. The molecule has 0 aliphatic carbocycles. The maximum Gasteiger partial charge on any atom is 0.293 e. The predicted molar refractivity (Wildman–Crippen MR) is 80.8 cm³/mol. The third-order valence-corrected chi connectivity index (χ3v) is 3.66. The molecule has 2 aromatic rings. The van der Waals surface area contributed by atoms with E-state index in [-0.39, 0.29) is 10.9 Å². The number of aryl methyl sites for hydroxylation is 1. The maximum atomic E-state index is 13.0. The van der Waals surface area contributed by atoms with E-state index in [0.717, 1.165) is 6.42 Å². The zero-order valence-corrected chi connectivity index (χ0v) is 12.7. The van der Waals surface area contributed by atoms with E-state index in [9.17, 15) is 9.18 Å². The molecule has 1 amide bonds. The van der Waals surface area contributed by atoms with Gasteiger partial charge in [-0.25, -0.2) is 4.39 Å². The molecule has 5 heteroatoms. The smallest absolute Gasteiger partial charge is 0.293 e. The molecule has 0 fully saturated rings. The Labute approximate surface area is 128 Å². The molecule has 1 heterocycles. The number of benzene rings is 1. The third-order valence-electron chi connectivity index (χ3n) is 3.35. The van der Waals surface area contributed by atoms with Crippen LogP contribution in [0.4, 0.5) is 10.1 Å². The number of nitrogens with zero attached hydrogens (tertiary/aromatic N) is 1. The summed E-state index contributed by atoms with van der Waals surface area (Å²) in [6.07, 6.45) is 4.69. The van der Waals surface area contributed by atoms with Crippen LogP contribution in [-0.2, 0) is 11.2 Å². The van der Waals surface area contributed by atoms with Crippen molar-refractivity contribution in [3.63, 3.8) is 0 Å².